The second kappa shape index (κ2) is 7.38. The Hall–Kier alpha value is -1.66. The molecule has 6 nitrogen and oxygen atoms in total. The monoisotopic (exact) mass is 292 g/mol. The molecule has 0 aliphatic carbocycles. The van der Waals surface area contributed by atoms with Gasteiger partial charge in [-0.05, 0) is 6.07 Å². The van der Waals surface area contributed by atoms with Crippen molar-refractivity contribution in [1.29, 1.82) is 0 Å². The summed E-state index contributed by atoms with van der Waals surface area (Å²) in [7, 11) is 3.57. The molecule has 1 aromatic heterocycles. The minimum atomic E-state index is 0.119. The molecule has 0 spiro atoms. The highest BCUT2D eigenvalue weighted by Crippen LogP contribution is 2.16. The normalized spacial score (nSPS) is 18.9. The van der Waals surface area contributed by atoms with Crippen molar-refractivity contribution < 1.29 is 9.53 Å². The number of carbonyl (C=O) groups is 1. The molecule has 2 heterocycles. The van der Waals surface area contributed by atoms with Crippen LogP contribution in [0.25, 0.3) is 0 Å². The first kappa shape index (κ1) is 15.7. The summed E-state index contributed by atoms with van der Waals surface area (Å²) < 4.78 is 7.60. The Bertz CT molecular complexity index is 484. The minimum absolute atomic E-state index is 0.119. The topological polar surface area (TPSA) is 50.6 Å². The van der Waals surface area contributed by atoms with Gasteiger partial charge in [-0.25, -0.2) is 0 Å². The van der Waals surface area contributed by atoms with Crippen molar-refractivity contribution in [2.24, 2.45) is 5.92 Å². The number of nitrogens with zero attached hydrogens (tertiary/aromatic N) is 4. The highest BCUT2D eigenvalue weighted by molar-refractivity contribution is 5.77. The van der Waals surface area contributed by atoms with Crippen molar-refractivity contribution in [2.45, 2.75) is 13.1 Å². The van der Waals surface area contributed by atoms with E-state index in [1.165, 1.54) is 0 Å². The van der Waals surface area contributed by atoms with Crippen molar-refractivity contribution in [3.05, 3.63) is 30.6 Å². The van der Waals surface area contributed by atoms with E-state index in [1.807, 2.05) is 16.9 Å². The zero-order valence-electron chi connectivity index (χ0n) is 12.9. The van der Waals surface area contributed by atoms with Crippen molar-refractivity contribution >= 4 is 5.91 Å². The van der Waals surface area contributed by atoms with E-state index in [-0.39, 0.29) is 5.91 Å². The third-order valence-electron chi connectivity index (χ3n) is 3.58. The fourth-order valence-corrected chi connectivity index (χ4v) is 2.50. The number of rotatable bonds is 6. The first-order valence-electron chi connectivity index (χ1n) is 7.22. The van der Waals surface area contributed by atoms with Crippen LogP contribution in [-0.2, 0) is 22.6 Å². The van der Waals surface area contributed by atoms with E-state index in [9.17, 15) is 4.79 Å². The molecule has 6 heteroatoms. The molecule has 0 bridgehead atoms. The van der Waals surface area contributed by atoms with Gasteiger partial charge in [0.2, 0.25) is 5.91 Å². The second-order valence-electron chi connectivity index (χ2n) is 5.65. The number of ether oxygens (including phenoxy) is 1. The molecule has 0 fully saturated rings. The molecule has 1 aliphatic rings. The van der Waals surface area contributed by atoms with E-state index in [2.05, 4.69) is 16.6 Å². The SMILES string of the molecule is C=CCOC[C@H]1CN(CC(=O)N(C)C)Cc2ccnn2C1. The highest BCUT2D eigenvalue weighted by atomic mass is 16.5. The number of amides is 1. The standard InChI is InChI=1S/C15H24N4O2/c1-4-7-21-12-13-8-18(11-15(20)17(2)3)10-14-5-6-16-19(14)9-13/h4-6,13H,1,7-12H2,2-3H3/t13-/m0/s1. The van der Waals surface area contributed by atoms with E-state index in [4.69, 9.17) is 4.74 Å². The van der Waals surface area contributed by atoms with Gasteiger partial charge in [0.05, 0.1) is 25.5 Å². The van der Waals surface area contributed by atoms with Gasteiger partial charge in [-0.1, -0.05) is 6.08 Å². The number of carbonyl (C=O) groups excluding carboxylic acids is 1. The van der Waals surface area contributed by atoms with Crippen LogP contribution in [0, 0.1) is 5.92 Å². The molecule has 0 N–H and O–H groups in total. The Labute approximate surface area is 126 Å². The van der Waals surface area contributed by atoms with Crippen LogP contribution in [-0.4, -0.2) is 65.9 Å². The van der Waals surface area contributed by atoms with Gasteiger partial charge in [0.25, 0.3) is 0 Å². The lowest BCUT2D eigenvalue weighted by Gasteiger charge is -2.24. The molecule has 2 rings (SSSR count). The van der Waals surface area contributed by atoms with Crippen LogP contribution in [0.4, 0.5) is 0 Å². The van der Waals surface area contributed by atoms with Gasteiger partial charge < -0.3 is 9.64 Å². The molecular formula is C15H24N4O2. The molecule has 0 saturated heterocycles. The molecule has 0 aromatic carbocycles. The number of hydrogen-bond donors (Lipinski definition) is 0. The van der Waals surface area contributed by atoms with Gasteiger partial charge in [-0.3, -0.25) is 14.4 Å². The lowest BCUT2D eigenvalue weighted by atomic mass is 10.1. The maximum atomic E-state index is 12.0. The predicted molar refractivity (Wildman–Crippen MR) is 80.7 cm³/mol. The summed E-state index contributed by atoms with van der Waals surface area (Å²) in [6.07, 6.45) is 3.57. The number of aromatic nitrogens is 2. The van der Waals surface area contributed by atoms with Gasteiger partial charge in [-0.2, -0.15) is 5.10 Å². The van der Waals surface area contributed by atoms with Crippen LogP contribution in [0.2, 0.25) is 0 Å². The van der Waals surface area contributed by atoms with Crippen LogP contribution in [0.3, 0.4) is 0 Å². The number of fused-ring (bicyclic) bond motifs is 1. The Morgan fingerprint density at radius 3 is 3.10 bits per heavy atom. The third kappa shape index (κ3) is 4.41. The first-order chi connectivity index (χ1) is 10.1. The Balaban J connectivity index is 2.03. The third-order valence-corrected chi connectivity index (χ3v) is 3.58. The van der Waals surface area contributed by atoms with Gasteiger partial charge in [0.15, 0.2) is 0 Å². The van der Waals surface area contributed by atoms with E-state index < -0.39 is 0 Å². The molecule has 1 atom stereocenters. The predicted octanol–water partition coefficient (Wildman–Crippen LogP) is 0.606. The molecule has 1 aromatic rings. The fourth-order valence-electron chi connectivity index (χ4n) is 2.50. The fraction of sp³-hybridized carbons (Fsp3) is 0.600. The number of likely N-dealkylation sites (N-methyl/N-ethyl adjacent to an activating group) is 1. The molecule has 0 unspecified atom stereocenters. The summed E-state index contributed by atoms with van der Waals surface area (Å²) in [5.74, 6) is 0.440. The lowest BCUT2D eigenvalue weighted by Crippen LogP contribution is -2.38. The van der Waals surface area contributed by atoms with Crippen LogP contribution in [0.5, 0.6) is 0 Å². The van der Waals surface area contributed by atoms with E-state index in [1.54, 1.807) is 25.1 Å². The summed E-state index contributed by atoms with van der Waals surface area (Å²) in [6, 6.07) is 2.01. The molecule has 0 radical (unpaired) electrons. The van der Waals surface area contributed by atoms with E-state index in [0.717, 1.165) is 25.3 Å². The molecular weight excluding hydrogens is 268 g/mol. The largest absolute Gasteiger partial charge is 0.377 e. The van der Waals surface area contributed by atoms with Gasteiger partial charge in [0.1, 0.15) is 0 Å². The maximum Gasteiger partial charge on any atom is 0.236 e. The second-order valence-corrected chi connectivity index (χ2v) is 5.65. The zero-order valence-corrected chi connectivity index (χ0v) is 12.9. The summed E-state index contributed by atoms with van der Waals surface area (Å²) in [5.41, 5.74) is 1.15. The van der Waals surface area contributed by atoms with Crippen molar-refractivity contribution in [2.75, 3.05) is 40.4 Å². The van der Waals surface area contributed by atoms with Crippen LogP contribution < -0.4 is 0 Å². The van der Waals surface area contributed by atoms with Crippen molar-refractivity contribution in [3.63, 3.8) is 0 Å². The Morgan fingerprint density at radius 2 is 2.38 bits per heavy atom. The average Bonchev–Trinajstić information content (AvgIpc) is 2.79. The lowest BCUT2D eigenvalue weighted by molar-refractivity contribution is -0.130. The maximum absolute atomic E-state index is 12.0. The van der Waals surface area contributed by atoms with Crippen molar-refractivity contribution in [3.8, 4) is 0 Å². The molecule has 116 valence electrons. The highest BCUT2D eigenvalue weighted by Gasteiger charge is 2.24. The van der Waals surface area contributed by atoms with Gasteiger partial charge in [-0.15, -0.1) is 6.58 Å². The van der Waals surface area contributed by atoms with Crippen LogP contribution in [0.1, 0.15) is 5.69 Å². The Morgan fingerprint density at radius 1 is 1.57 bits per heavy atom. The summed E-state index contributed by atoms with van der Waals surface area (Å²) in [4.78, 5) is 15.8. The average molecular weight is 292 g/mol. The molecule has 1 amide bonds. The van der Waals surface area contributed by atoms with E-state index >= 15 is 0 Å². The quantitative estimate of drug-likeness (QED) is 0.569. The first-order valence-corrected chi connectivity index (χ1v) is 7.22. The number of hydrogen-bond acceptors (Lipinski definition) is 4. The van der Waals surface area contributed by atoms with Gasteiger partial charge >= 0.3 is 0 Å². The van der Waals surface area contributed by atoms with E-state index in [0.29, 0.717) is 25.7 Å². The van der Waals surface area contributed by atoms with Gasteiger partial charge in [0, 0.05) is 45.8 Å². The smallest absolute Gasteiger partial charge is 0.236 e. The molecule has 1 aliphatic heterocycles. The summed E-state index contributed by atoms with van der Waals surface area (Å²) >= 11 is 0. The summed E-state index contributed by atoms with van der Waals surface area (Å²) in [6.45, 7) is 7.70. The Kier molecular flexibility index (Phi) is 5.52. The molecule has 21 heavy (non-hydrogen) atoms. The van der Waals surface area contributed by atoms with Crippen LogP contribution >= 0.6 is 0 Å². The van der Waals surface area contributed by atoms with Crippen molar-refractivity contribution in [1.82, 2.24) is 19.6 Å². The molecule has 0 saturated carbocycles. The summed E-state index contributed by atoms with van der Waals surface area (Å²) in [5, 5.41) is 4.36. The minimum Gasteiger partial charge on any atom is -0.377 e. The van der Waals surface area contributed by atoms with Crippen LogP contribution in [0.15, 0.2) is 24.9 Å². The zero-order chi connectivity index (χ0) is 15.2.